The summed E-state index contributed by atoms with van der Waals surface area (Å²) in [5, 5.41) is 26.4. The van der Waals surface area contributed by atoms with Crippen molar-refractivity contribution >= 4 is 19.9 Å². The van der Waals surface area contributed by atoms with Gasteiger partial charge in [-0.2, -0.15) is 5.26 Å². The van der Waals surface area contributed by atoms with E-state index in [1.54, 1.807) is 20.1 Å². The molecule has 0 aromatic rings. The van der Waals surface area contributed by atoms with Crippen molar-refractivity contribution in [3.05, 3.63) is 0 Å². The summed E-state index contributed by atoms with van der Waals surface area (Å²) >= 11 is 0. The Bertz CT molecular complexity index is 417. The van der Waals surface area contributed by atoms with Crippen molar-refractivity contribution in [3.8, 4) is 6.07 Å². The van der Waals surface area contributed by atoms with Crippen LogP contribution >= 0.6 is 0 Å². The molecular weight excluding hydrogens is 253 g/mol. The fraction of sp³-hybridized carbons (Fsp3) is 0.786. The molecule has 6 heteroatoms. The van der Waals surface area contributed by atoms with Crippen LogP contribution in [-0.4, -0.2) is 42.8 Å². The lowest BCUT2D eigenvalue weighted by atomic mass is 9.78. The monoisotopic (exact) mass is 277 g/mol. The molecule has 1 aliphatic carbocycles. The van der Waals surface area contributed by atoms with E-state index >= 15 is 0 Å². The molecule has 1 fully saturated rings. The molecule has 5 nitrogen and oxygen atoms in total. The second kappa shape index (κ2) is 6.07. The Morgan fingerprint density at radius 3 is 2.50 bits per heavy atom. The molecule has 0 spiro atoms. The van der Waals surface area contributed by atoms with Gasteiger partial charge < -0.3 is 15.2 Å². The van der Waals surface area contributed by atoms with Gasteiger partial charge >= 0.3 is 0 Å². The molecule has 20 heavy (non-hydrogen) atoms. The zero-order valence-corrected chi connectivity index (χ0v) is 12.8. The third-order valence-electron chi connectivity index (χ3n) is 4.11. The van der Waals surface area contributed by atoms with Crippen molar-refractivity contribution in [3.63, 3.8) is 0 Å². The maximum absolute atomic E-state index is 10.0. The first-order valence-electron chi connectivity index (χ1n) is 6.94. The normalized spacial score (nSPS) is 19.4. The predicted molar refractivity (Wildman–Crippen MR) is 81.8 cm³/mol. The Labute approximate surface area is 121 Å². The molecule has 0 aliphatic heterocycles. The van der Waals surface area contributed by atoms with Gasteiger partial charge in [0.15, 0.2) is 0 Å². The van der Waals surface area contributed by atoms with Gasteiger partial charge in [0, 0.05) is 12.0 Å². The topological polar surface area (TPSA) is 89.5 Å². The molecule has 0 radical (unpaired) electrons. The highest BCUT2D eigenvalue weighted by Crippen LogP contribution is 2.44. The molecule has 0 heterocycles. The number of hydrogen-bond acceptors (Lipinski definition) is 5. The van der Waals surface area contributed by atoms with E-state index in [1.807, 2.05) is 13.8 Å². The van der Waals surface area contributed by atoms with Crippen LogP contribution in [0.1, 0.15) is 40.5 Å². The summed E-state index contributed by atoms with van der Waals surface area (Å²) in [6.07, 6.45) is 4.78. The third-order valence-corrected chi connectivity index (χ3v) is 4.11. The van der Waals surface area contributed by atoms with Crippen LogP contribution in [-0.2, 0) is 4.65 Å². The van der Waals surface area contributed by atoms with E-state index in [9.17, 15) is 5.11 Å². The van der Waals surface area contributed by atoms with E-state index in [4.69, 9.17) is 15.3 Å². The Hall–Kier alpha value is -1.19. The number of nitrogens with zero attached hydrogens (tertiary/aromatic N) is 2. The molecule has 1 saturated carbocycles. The molecule has 1 rings (SSSR count). The Balaban J connectivity index is 2.46. The summed E-state index contributed by atoms with van der Waals surface area (Å²) in [4.78, 5) is 4.27. The Morgan fingerprint density at radius 2 is 2.10 bits per heavy atom. The zero-order valence-electron chi connectivity index (χ0n) is 12.8. The van der Waals surface area contributed by atoms with Gasteiger partial charge in [-0.15, -0.1) is 0 Å². The van der Waals surface area contributed by atoms with Gasteiger partial charge in [0.25, 0.3) is 7.48 Å². The minimum absolute atomic E-state index is 0.230. The van der Waals surface area contributed by atoms with Gasteiger partial charge in [-0.25, -0.2) is 0 Å². The average molecular weight is 277 g/mol. The van der Waals surface area contributed by atoms with Crippen LogP contribution in [0.2, 0.25) is 5.82 Å². The smallest absolute Gasteiger partial charge is 0.289 e. The SMILES string of the molecule is CC(C)(O)C(C)(C)OBC(C=N)C=NCC1(C#N)CC1. The largest absolute Gasteiger partial charge is 0.431 e. The predicted octanol–water partition coefficient (Wildman–Crippen LogP) is 1.72. The van der Waals surface area contributed by atoms with E-state index < -0.39 is 11.2 Å². The molecule has 0 amide bonds. The highest BCUT2D eigenvalue weighted by molar-refractivity contribution is 6.42. The van der Waals surface area contributed by atoms with Gasteiger partial charge in [0.1, 0.15) is 0 Å². The first-order chi connectivity index (χ1) is 9.16. The molecule has 110 valence electrons. The number of nitriles is 1. The quantitative estimate of drug-likeness (QED) is 0.523. The molecular formula is C14H24BN3O2. The van der Waals surface area contributed by atoms with Crippen molar-refractivity contribution in [2.75, 3.05) is 6.54 Å². The van der Waals surface area contributed by atoms with E-state index in [1.165, 1.54) is 6.21 Å². The fourth-order valence-electron chi connectivity index (χ4n) is 1.43. The summed E-state index contributed by atoms with van der Waals surface area (Å²) < 4.78 is 5.71. The van der Waals surface area contributed by atoms with Crippen LogP contribution in [0.15, 0.2) is 4.99 Å². The standard InChI is InChI=1S/C14H24BN3O2/c1-12(2,19)13(3,4)20-15-11(7-16)8-18-10-14(9-17)5-6-14/h7-8,11,15-16,19H,5-6,10H2,1-4H3. The highest BCUT2D eigenvalue weighted by Gasteiger charge is 2.42. The number of aliphatic imine (C=N–C) groups is 1. The molecule has 2 N–H and O–H groups in total. The number of nitrogens with one attached hydrogen (secondary N) is 1. The lowest BCUT2D eigenvalue weighted by Crippen LogP contribution is -2.48. The minimum atomic E-state index is -0.963. The van der Waals surface area contributed by atoms with Gasteiger partial charge in [-0.05, 0) is 46.8 Å². The van der Waals surface area contributed by atoms with Gasteiger partial charge in [-0.1, -0.05) is 0 Å². The van der Waals surface area contributed by atoms with Gasteiger partial charge in [-0.3, -0.25) is 4.99 Å². The summed E-state index contributed by atoms with van der Waals surface area (Å²) in [5.74, 6) is -0.230. The van der Waals surface area contributed by atoms with E-state index in [0.29, 0.717) is 14.0 Å². The second-order valence-corrected chi connectivity index (χ2v) is 6.59. The fourth-order valence-corrected chi connectivity index (χ4v) is 1.43. The van der Waals surface area contributed by atoms with E-state index in [-0.39, 0.29) is 11.2 Å². The van der Waals surface area contributed by atoms with Crippen molar-refractivity contribution < 1.29 is 9.76 Å². The lowest BCUT2D eigenvalue weighted by molar-refractivity contribution is -0.0903. The van der Waals surface area contributed by atoms with Crippen LogP contribution in [0.4, 0.5) is 0 Å². The highest BCUT2D eigenvalue weighted by atomic mass is 16.5. The summed E-state index contributed by atoms with van der Waals surface area (Å²) in [6.45, 7) is 7.54. The minimum Gasteiger partial charge on any atom is -0.431 e. The molecule has 0 aromatic carbocycles. The van der Waals surface area contributed by atoms with Crippen molar-refractivity contribution in [2.24, 2.45) is 10.4 Å². The molecule has 1 unspecified atom stereocenters. The number of aliphatic hydroxyl groups is 1. The zero-order chi connectivity index (χ0) is 15.4. The van der Waals surface area contributed by atoms with E-state index in [2.05, 4.69) is 11.1 Å². The summed E-state index contributed by atoms with van der Waals surface area (Å²) in [7, 11) is 0.295. The Morgan fingerprint density at radius 1 is 1.50 bits per heavy atom. The first-order valence-corrected chi connectivity index (χ1v) is 6.94. The third kappa shape index (κ3) is 4.43. The van der Waals surface area contributed by atoms with Crippen molar-refractivity contribution in [1.82, 2.24) is 0 Å². The van der Waals surface area contributed by atoms with E-state index in [0.717, 1.165) is 12.8 Å². The second-order valence-electron chi connectivity index (χ2n) is 6.59. The molecule has 1 aliphatic rings. The molecule has 0 saturated heterocycles. The van der Waals surface area contributed by atoms with Crippen LogP contribution in [0.3, 0.4) is 0 Å². The van der Waals surface area contributed by atoms with Gasteiger partial charge in [0.2, 0.25) is 0 Å². The number of rotatable bonds is 8. The van der Waals surface area contributed by atoms with Crippen molar-refractivity contribution in [1.29, 1.82) is 10.7 Å². The first kappa shape index (κ1) is 16.9. The average Bonchev–Trinajstić information content (AvgIpc) is 3.12. The maximum atomic E-state index is 10.0. The molecule has 0 bridgehead atoms. The van der Waals surface area contributed by atoms with Crippen LogP contribution < -0.4 is 0 Å². The summed E-state index contributed by atoms with van der Waals surface area (Å²) in [5.41, 5.74) is -1.92. The maximum Gasteiger partial charge on any atom is 0.289 e. The Kier molecular flexibility index (Phi) is 5.12. The van der Waals surface area contributed by atoms with Crippen LogP contribution in [0.25, 0.3) is 0 Å². The lowest BCUT2D eigenvalue weighted by Gasteiger charge is -2.38. The molecule has 0 aromatic heterocycles. The van der Waals surface area contributed by atoms with Crippen LogP contribution in [0, 0.1) is 22.2 Å². The van der Waals surface area contributed by atoms with Gasteiger partial charge in [0.05, 0.1) is 29.2 Å². The molecule has 1 atom stereocenters. The number of hydrogen-bond donors (Lipinski definition) is 2. The van der Waals surface area contributed by atoms with Crippen molar-refractivity contribution in [2.45, 2.75) is 57.6 Å². The summed E-state index contributed by atoms with van der Waals surface area (Å²) in [6, 6.07) is 2.29. The van der Waals surface area contributed by atoms with Crippen LogP contribution in [0.5, 0.6) is 0 Å².